The van der Waals surface area contributed by atoms with E-state index in [1.165, 1.54) is 17.8 Å². The number of amides is 2. The van der Waals surface area contributed by atoms with Gasteiger partial charge in [-0.15, -0.1) is 5.10 Å². The molecule has 0 spiro atoms. The summed E-state index contributed by atoms with van der Waals surface area (Å²) in [5.74, 6) is -2.91. The van der Waals surface area contributed by atoms with E-state index in [9.17, 15) is 18.4 Å². The molecule has 0 unspecified atom stereocenters. The fraction of sp³-hybridized carbons (Fsp3) is 0.417. The lowest BCUT2D eigenvalue weighted by molar-refractivity contribution is 0.0290. The van der Waals surface area contributed by atoms with Gasteiger partial charge in [0.1, 0.15) is 18.2 Å². The van der Waals surface area contributed by atoms with Crippen molar-refractivity contribution in [2.75, 3.05) is 57.2 Å². The van der Waals surface area contributed by atoms with Crippen LogP contribution in [-0.4, -0.2) is 78.1 Å². The average Bonchev–Trinajstić information content (AvgIpc) is 3.23. The van der Waals surface area contributed by atoms with Crippen LogP contribution in [0.4, 0.5) is 30.9 Å². The topological polar surface area (TPSA) is 131 Å². The van der Waals surface area contributed by atoms with Crippen LogP contribution < -0.4 is 16.1 Å². The summed E-state index contributed by atoms with van der Waals surface area (Å²) in [6, 6.07) is 1.56. The zero-order chi connectivity index (χ0) is 27.2. The van der Waals surface area contributed by atoms with Crippen LogP contribution in [0.15, 0.2) is 24.5 Å². The molecular weight excluding hydrogens is 504 g/mol. The van der Waals surface area contributed by atoms with Crippen LogP contribution in [0.3, 0.4) is 0 Å². The average molecular weight is 534 g/mol. The van der Waals surface area contributed by atoms with Gasteiger partial charge >= 0.3 is 6.09 Å². The minimum atomic E-state index is -1.06. The first-order chi connectivity index (χ1) is 18.3. The maximum Gasteiger partial charge on any atom is 0.411 e. The molecule has 38 heavy (non-hydrogen) atoms. The number of carbonyl (C=O) groups is 2. The summed E-state index contributed by atoms with van der Waals surface area (Å²) in [6.45, 7) is 7.68. The van der Waals surface area contributed by atoms with Crippen molar-refractivity contribution in [3.8, 4) is 0 Å². The molecule has 1 fully saturated rings. The lowest BCUT2D eigenvalue weighted by Crippen LogP contribution is -2.38. The molecule has 1 aliphatic rings. The summed E-state index contributed by atoms with van der Waals surface area (Å²) < 4.78 is 40.6. The predicted octanol–water partition coefficient (Wildman–Crippen LogP) is 3.05. The number of hydroxylamine groups is 1. The van der Waals surface area contributed by atoms with Gasteiger partial charge in [-0.1, -0.05) is 13.8 Å². The van der Waals surface area contributed by atoms with Gasteiger partial charge in [0.05, 0.1) is 55.2 Å². The zero-order valence-electron chi connectivity index (χ0n) is 21.2. The smallest absolute Gasteiger partial charge is 0.411 e. The number of nitrogens with zero attached hydrogens (tertiary/aromatic N) is 4. The Morgan fingerprint density at radius 3 is 2.63 bits per heavy atom. The molecule has 3 aromatic rings. The number of hydrogen-bond donors (Lipinski definition) is 3. The third-order valence-corrected chi connectivity index (χ3v) is 5.88. The number of halogens is 2. The number of nitrogens with one attached hydrogen (secondary N) is 3. The molecular formula is C24H29F2N7O5. The quantitative estimate of drug-likeness (QED) is 0.355. The fourth-order valence-corrected chi connectivity index (χ4v) is 4.07. The molecule has 1 saturated heterocycles. The van der Waals surface area contributed by atoms with Gasteiger partial charge in [0.15, 0.2) is 0 Å². The number of morpholine rings is 1. The summed E-state index contributed by atoms with van der Waals surface area (Å²) in [7, 11) is 1.19. The number of hydrogen-bond acceptors (Lipinski definition) is 9. The van der Waals surface area contributed by atoms with Crippen LogP contribution >= 0.6 is 0 Å². The number of aromatic nitrogens is 3. The first kappa shape index (κ1) is 27.2. The Balaban J connectivity index is 1.50. The van der Waals surface area contributed by atoms with Gasteiger partial charge in [-0.25, -0.2) is 28.6 Å². The largest absolute Gasteiger partial charge is 0.448 e. The SMILES string of the molecule is CONC(=O)c1cc(Nc2ncc3c(C(C)C)c(NC(=O)OCCN4CCOCC4)cn3n2)c(F)cc1F. The molecule has 3 heterocycles. The van der Waals surface area contributed by atoms with Crippen LogP contribution in [0.5, 0.6) is 0 Å². The van der Waals surface area contributed by atoms with Crippen LogP contribution in [0.25, 0.3) is 5.52 Å². The van der Waals surface area contributed by atoms with Crippen molar-refractivity contribution in [1.82, 2.24) is 25.0 Å². The van der Waals surface area contributed by atoms with Gasteiger partial charge < -0.3 is 14.8 Å². The first-order valence-electron chi connectivity index (χ1n) is 12.0. The highest BCUT2D eigenvalue weighted by Crippen LogP contribution is 2.31. The number of fused-ring (bicyclic) bond motifs is 1. The minimum Gasteiger partial charge on any atom is -0.448 e. The minimum absolute atomic E-state index is 0.00228. The molecule has 3 N–H and O–H groups in total. The van der Waals surface area contributed by atoms with Gasteiger partial charge in [-0.3, -0.25) is 19.8 Å². The Morgan fingerprint density at radius 1 is 1.16 bits per heavy atom. The van der Waals surface area contributed by atoms with Crippen LogP contribution in [0.2, 0.25) is 0 Å². The molecule has 0 radical (unpaired) electrons. The van der Waals surface area contributed by atoms with E-state index in [0.717, 1.165) is 24.7 Å². The maximum atomic E-state index is 14.4. The number of rotatable bonds is 9. The number of benzene rings is 1. The highest BCUT2D eigenvalue weighted by atomic mass is 19.1. The maximum absolute atomic E-state index is 14.4. The van der Waals surface area contributed by atoms with E-state index in [2.05, 4.69) is 30.5 Å². The molecule has 0 saturated carbocycles. The second-order valence-electron chi connectivity index (χ2n) is 8.81. The van der Waals surface area contributed by atoms with Crippen molar-refractivity contribution in [3.63, 3.8) is 0 Å². The number of carbonyl (C=O) groups excluding carboxylic acids is 2. The van der Waals surface area contributed by atoms with E-state index in [0.29, 0.717) is 37.0 Å². The Hall–Kier alpha value is -3.88. The Bertz CT molecular complexity index is 1310. The Labute approximate surface area is 217 Å². The van der Waals surface area contributed by atoms with Gasteiger partial charge in [-0.2, -0.15) is 0 Å². The summed E-state index contributed by atoms with van der Waals surface area (Å²) in [5.41, 5.74) is 3.24. The van der Waals surface area contributed by atoms with Gasteiger partial charge in [-0.05, 0) is 12.0 Å². The van der Waals surface area contributed by atoms with Gasteiger partial charge in [0.2, 0.25) is 5.95 Å². The molecule has 1 aliphatic heterocycles. The highest BCUT2D eigenvalue weighted by Gasteiger charge is 2.20. The number of anilines is 3. The van der Waals surface area contributed by atoms with Crippen molar-refractivity contribution in [2.45, 2.75) is 19.8 Å². The molecule has 12 nitrogen and oxygen atoms in total. The molecule has 1 aromatic carbocycles. The van der Waals surface area contributed by atoms with E-state index in [4.69, 9.17) is 9.47 Å². The monoisotopic (exact) mass is 533 g/mol. The van der Waals surface area contributed by atoms with Crippen LogP contribution in [0, 0.1) is 11.6 Å². The van der Waals surface area contributed by atoms with Crippen molar-refractivity contribution in [1.29, 1.82) is 0 Å². The van der Waals surface area contributed by atoms with E-state index >= 15 is 0 Å². The molecule has 0 atom stereocenters. The second-order valence-corrected chi connectivity index (χ2v) is 8.81. The van der Waals surface area contributed by atoms with E-state index in [1.807, 2.05) is 19.3 Å². The summed E-state index contributed by atoms with van der Waals surface area (Å²) in [5, 5.41) is 9.76. The molecule has 204 valence electrons. The standard InChI is InChI=1S/C24H29F2N7O5/c1-14(2)21-19(29-24(35)38-9-6-32-4-7-37-8-5-32)13-33-20(21)12-27-23(30-33)28-18-10-15(22(34)31-36-3)16(25)11-17(18)26/h10-14H,4-9H2,1-3H3,(H,28,30)(H,29,35)(H,31,34). The van der Waals surface area contributed by atoms with Crippen molar-refractivity contribution >= 4 is 34.8 Å². The third-order valence-electron chi connectivity index (χ3n) is 5.88. The van der Waals surface area contributed by atoms with Crippen molar-refractivity contribution in [3.05, 3.63) is 47.3 Å². The van der Waals surface area contributed by atoms with Crippen LogP contribution in [-0.2, 0) is 14.3 Å². The molecule has 14 heteroatoms. The van der Waals surface area contributed by atoms with Gasteiger partial charge in [0.25, 0.3) is 5.91 Å². The van der Waals surface area contributed by atoms with E-state index < -0.39 is 29.2 Å². The van der Waals surface area contributed by atoms with Gasteiger partial charge in [0, 0.05) is 31.3 Å². The summed E-state index contributed by atoms with van der Waals surface area (Å²) >= 11 is 0. The van der Waals surface area contributed by atoms with Crippen molar-refractivity contribution in [2.24, 2.45) is 0 Å². The second kappa shape index (κ2) is 12.1. The highest BCUT2D eigenvalue weighted by molar-refractivity contribution is 5.95. The lowest BCUT2D eigenvalue weighted by Gasteiger charge is -2.26. The van der Waals surface area contributed by atoms with Crippen molar-refractivity contribution < 1.29 is 32.7 Å². The molecule has 0 bridgehead atoms. The van der Waals surface area contributed by atoms with Crippen LogP contribution in [0.1, 0.15) is 35.7 Å². The summed E-state index contributed by atoms with van der Waals surface area (Å²) in [6.07, 6.45) is 2.51. The van der Waals surface area contributed by atoms with E-state index in [1.54, 1.807) is 6.20 Å². The lowest BCUT2D eigenvalue weighted by atomic mass is 10.0. The Kier molecular flexibility index (Phi) is 8.66. The molecule has 2 amide bonds. The Morgan fingerprint density at radius 2 is 1.92 bits per heavy atom. The third kappa shape index (κ3) is 6.33. The molecule has 0 aliphatic carbocycles. The first-order valence-corrected chi connectivity index (χ1v) is 12.0. The zero-order valence-corrected chi connectivity index (χ0v) is 21.2. The molecule has 2 aromatic heterocycles. The number of ether oxygens (including phenoxy) is 2. The predicted molar refractivity (Wildman–Crippen MR) is 133 cm³/mol. The normalized spacial score (nSPS) is 14.1. The fourth-order valence-electron chi connectivity index (χ4n) is 4.07. The summed E-state index contributed by atoms with van der Waals surface area (Å²) in [4.78, 5) is 35.3. The van der Waals surface area contributed by atoms with E-state index in [-0.39, 0.29) is 24.2 Å². The molecule has 4 rings (SSSR count).